The fourth-order valence-corrected chi connectivity index (χ4v) is 4.15. The number of hydrogen-bond acceptors (Lipinski definition) is 7. The van der Waals surface area contributed by atoms with Gasteiger partial charge in [0.1, 0.15) is 5.69 Å². The van der Waals surface area contributed by atoms with Crippen LogP contribution in [0.3, 0.4) is 0 Å². The summed E-state index contributed by atoms with van der Waals surface area (Å²) >= 11 is 1.47. The summed E-state index contributed by atoms with van der Waals surface area (Å²) < 4.78 is 11.9. The molecule has 9 heteroatoms. The molecule has 0 radical (unpaired) electrons. The van der Waals surface area contributed by atoms with Crippen LogP contribution in [0, 0.1) is 6.92 Å². The van der Waals surface area contributed by atoms with E-state index in [1.54, 1.807) is 36.2 Å². The number of furan rings is 1. The predicted octanol–water partition coefficient (Wildman–Crippen LogP) is 3.63. The number of nitrogens with zero attached hydrogens (tertiary/aromatic N) is 3. The smallest absolute Gasteiger partial charge is 0.307 e. The SMILES string of the molecule is COC(=O)CC(NC(=O)c1cc(-c2ccco2)nc2c1c(C)nn2C)c1cccs1. The molecule has 8 nitrogen and oxygen atoms in total. The van der Waals surface area contributed by atoms with Crippen LogP contribution in [0.5, 0.6) is 0 Å². The maximum absolute atomic E-state index is 13.4. The van der Waals surface area contributed by atoms with Crippen LogP contribution in [0.1, 0.15) is 33.4 Å². The molecule has 4 rings (SSSR count). The maximum atomic E-state index is 13.4. The summed E-state index contributed by atoms with van der Waals surface area (Å²) in [4.78, 5) is 30.8. The third-order valence-electron chi connectivity index (χ3n) is 4.78. The highest BCUT2D eigenvalue weighted by Gasteiger charge is 2.24. The maximum Gasteiger partial charge on any atom is 0.307 e. The first-order chi connectivity index (χ1) is 14.5. The first-order valence-electron chi connectivity index (χ1n) is 9.27. The molecule has 0 fully saturated rings. The van der Waals surface area contributed by atoms with Crippen LogP contribution in [0.2, 0.25) is 0 Å². The van der Waals surface area contributed by atoms with E-state index in [0.29, 0.717) is 33.7 Å². The number of carbonyl (C=O) groups is 2. The van der Waals surface area contributed by atoms with Crippen LogP contribution in [0.15, 0.2) is 46.4 Å². The summed E-state index contributed by atoms with van der Waals surface area (Å²) in [6.45, 7) is 1.83. The molecule has 0 spiro atoms. The van der Waals surface area contributed by atoms with Gasteiger partial charge in [-0.1, -0.05) is 6.07 Å². The quantitative estimate of drug-likeness (QED) is 0.475. The molecular weight excluding hydrogens is 404 g/mol. The van der Waals surface area contributed by atoms with Crippen molar-refractivity contribution in [2.24, 2.45) is 7.05 Å². The number of amides is 1. The van der Waals surface area contributed by atoms with E-state index in [9.17, 15) is 9.59 Å². The number of aromatic nitrogens is 3. The monoisotopic (exact) mass is 424 g/mol. The Balaban J connectivity index is 1.77. The number of methoxy groups -OCH3 is 1. The lowest BCUT2D eigenvalue weighted by atomic mass is 10.1. The van der Waals surface area contributed by atoms with Crippen LogP contribution >= 0.6 is 11.3 Å². The van der Waals surface area contributed by atoms with Crippen molar-refractivity contribution in [2.45, 2.75) is 19.4 Å². The third kappa shape index (κ3) is 3.71. The van der Waals surface area contributed by atoms with Gasteiger partial charge in [0.15, 0.2) is 11.4 Å². The van der Waals surface area contributed by atoms with E-state index in [-0.39, 0.29) is 12.3 Å². The summed E-state index contributed by atoms with van der Waals surface area (Å²) in [6, 6.07) is 8.49. The molecule has 1 N–H and O–H groups in total. The van der Waals surface area contributed by atoms with Gasteiger partial charge in [-0.2, -0.15) is 5.10 Å². The number of thiophene rings is 1. The average molecular weight is 424 g/mol. The van der Waals surface area contributed by atoms with Crippen molar-refractivity contribution in [3.05, 3.63) is 58.1 Å². The van der Waals surface area contributed by atoms with E-state index in [4.69, 9.17) is 9.15 Å². The normalized spacial score (nSPS) is 12.1. The Kier molecular flexibility index (Phi) is 5.37. The van der Waals surface area contributed by atoms with Gasteiger partial charge >= 0.3 is 5.97 Å². The minimum atomic E-state index is -0.503. The molecule has 1 atom stereocenters. The Labute approximate surface area is 176 Å². The van der Waals surface area contributed by atoms with Gasteiger partial charge < -0.3 is 14.5 Å². The zero-order valence-corrected chi connectivity index (χ0v) is 17.5. The molecule has 0 aromatic carbocycles. The van der Waals surface area contributed by atoms with Crippen molar-refractivity contribution < 1.29 is 18.7 Å². The molecule has 0 aliphatic carbocycles. The minimum Gasteiger partial charge on any atom is -0.469 e. The number of nitrogens with one attached hydrogen (secondary N) is 1. The number of pyridine rings is 1. The predicted molar refractivity (Wildman–Crippen MR) is 112 cm³/mol. The minimum absolute atomic E-state index is 0.0358. The van der Waals surface area contributed by atoms with Crippen molar-refractivity contribution in [3.63, 3.8) is 0 Å². The van der Waals surface area contributed by atoms with E-state index < -0.39 is 12.0 Å². The topological polar surface area (TPSA) is 99.2 Å². The molecule has 154 valence electrons. The molecule has 4 aromatic rings. The fourth-order valence-electron chi connectivity index (χ4n) is 3.37. The lowest BCUT2D eigenvalue weighted by molar-refractivity contribution is -0.141. The van der Waals surface area contributed by atoms with E-state index in [0.717, 1.165) is 4.88 Å². The van der Waals surface area contributed by atoms with Gasteiger partial charge in [0, 0.05) is 11.9 Å². The number of carbonyl (C=O) groups excluding carboxylic acids is 2. The molecule has 1 amide bonds. The van der Waals surface area contributed by atoms with Gasteiger partial charge in [0.25, 0.3) is 5.91 Å². The third-order valence-corrected chi connectivity index (χ3v) is 5.76. The summed E-state index contributed by atoms with van der Waals surface area (Å²) in [7, 11) is 3.11. The second-order valence-electron chi connectivity index (χ2n) is 6.76. The molecule has 0 aliphatic heterocycles. The molecule has 30 heavy (non-hydrogen) atoms. The number of aryl methyl sites for hydroxylation is 2. The van der Waals surface area contributed by atoms with Gasteiger partial charge in [-0.25, -0.2) is 4.98 Å². The number of esters is 1. The van der Waals surface area contributed by atoms with Gasteiger partial charge in [0.2, 0.25) is 0 Å². The number of fused-ring (bicyclic) bond motifs is 1. The Morgan fingerprint density at radius 3 is 2.83 bits per heavy atom. The van der Waals surface area contributed by atoms with Crippen molar-refractivity contribution in [3.8, 4) is 11.5 Å². The average Bonchev–Trinajstić information content (AvgIpc) is 3.49. The van der Waals surface area contributed by atoms with Crippen LogP contribution in [-0.2, 0) is 16.6 Å². The van der Waals surface area contributed by atoms with E-state index >= 15 is 0 Å². The van der Waals surface area contributed by atoms with E-state index in [1.807, 2.05) is 24.4 Å². The van der Waals surface area contributed by atoms with Crippen LogP contribution in [0.25, 0.3) is 22.5 Å². The molecule has 1 unspecified atom stereocenters. The summed E-state index contributed by atoms with van der Waals surface area (Å²) in [5.41, 5.74) is 2.22. The highest BCUT2D eigenvalue weighted by Crippen LogP contribution is 2.29. The molecule has 0 saturated carbocycles. The second kappa shape index (κ2) is 8.11. The van der Waals surface area contributed by atoms with Crippen LogP contribution in [-0.4, -0.2) is 33.8 Å². The number of ether oxygens (including phenoxy) is 1. The molecule has 0 aliphatic rings. The van der Waals surface area contributed by atoms with Gasteiger partial charge in [0.05, 0.1) is 42.5 Å². The summed E-state index contributed by atoms with van der Waals surface area (Å²) in [5, 5.41) is 9.96. The van der Waals surface area contributed by atoms with Crippen molar-refractivity contribution >= 4 is 34.2 Å². The molecule has 0 bridgehead atoms. The largest absolute Gasteiger partial charge is 0.469 e. The van der Waals surface area contributed by atoms with Crippen LogP contribution in [0.4, 0.5) is 0 Å². The standard InChI is InChI=1S/C21H20N4O4S/c1-12-19-13(10-14(16-6-4-8-29-16)22-20(19)25(2)24-12)21(27)23-15(11-18(26)28-3)17-7-5-9-30-17/h4-10,15H,11H2,1-3H3,(H,23,27). The van der Waals surface area contributed by atoms with Gasteiger partial charge in [-0.3, -0.25) is 14.3 Å². The van der Waals surface area contributed by atoms with Gasteiger partial charge in [-0.15, -0.1) is 11.3 Å². The number of rotatable bonds is 6. The Morgan fingerprint density at radius 1 is 1.33 bits per heavy atom. The highest BCUT2D eigenvalue weighted by molar-refractivity contribution is 7.10. The highest BCUT2D eigenvalue weighted by atomic mass is 32.1. The first-order valence-corrected chi connectivity index (χ1v) is 10.1. The van der Waals surface area contributed by atoms with E-state index in [2.05, 4.69) is 15.4 Å². The Hall–Kier alpha value is -3.46. The first kappa shape index (κ1) is 19.8. The van der Waals surface area contributed by atoms with E-state index in [1.165, 1.54) is 18.4 Å². The lowest BCUT2D eigenvalue weighted by Gasteiger charge is -2.17. The molecular formula is C21H20N4O4S. The molecule has 4 heterocycles. The van der Waals surface area contributed by atoms with Crippen molar-refractivity contribution in [1.29, 1.82) is 0 Å². The fraction of sp³-hybridized carbons (Fsp3) is 0.238. The Morgan fingerprint density at radius 2 is 2.17 bits per heavy atom. The van der Waals surface area contributed by atoms with Crippen LogP contribution < -0.4 is 5.32 Å². The lowest BCUT2D eigenvalue weighted by Crippen LogP contribution is -2.30. The molecule has 0 saturated heterocycles. The van der Waals surface area contributed by atoms with Gasteiger partial charge in [-0.05, 0) is 36.6 Å². The van der Waals surface area contributed by atoms with Crippen molar-refractivity contribution in [2.75, 3.05) is 7.11 Å². The molecule has 4 aromatic heterocycles. The Bertz CT molecular complexity index is 1200. The summed E-state index contributed by atoms with van der Waals surface area (Å²) in [5.74, 6) is -0.176. The van der Waals surface area contributed by atoms with Crippen molar-refractivity contribution in [1.82, 2.24) is 20.1 Å². The second-order valence-corrected chi connectivity index (χ2v) is 7.74. The zero-order chi connectivity index (χ0) is 21.3. The zero-order valence-electron chi connectivity index (χ0n) is 16.7. The summed E-state index contributed by atoms with van der Waals surface area (Å²) in [6.07, 6.45) is 1.59. The number of hydrogen-bond donors (Lipinski definition) is 1.